The summed E-state index contributed by atoms with van der Waals surface area (Å²) in [6, 6.07) is -1.28. The van der Waals surface area contributed by atoms with Crippen molar-refractivity contribution in [3.63, 3.8) is 0 Å². The predicted octanol–water partition coefficient (Wildman–Crippen LogP) is 0.594. The summed E-state index contributed by atoms with van der Waals surface area (Å²) >= 11 is 0. The molecule has 0 aromatic rings. The number of nitrogens with two attached hydrogens (primary N) is 1. The van der Waals surface area contributed by atoms with Crippen LogP contribution in [0.3, 0.4) is 0 Å². The standard InChI is InChI=1S/C13H27N3O3/c1-4-10(5-6-17)8-15-12(18)11(7-9(2)3)16-13(14)19/h9-11,17H,4-8H2,1-3H3,(H,15,18)(H3,14,16,19). The molecule has 3 amide bonds. The molecule has 6 heteroatoms. The molecule has 0 saturated carbocycles. The van der Waals surface area contributed by atoms with Gasteiger partial charge in [0.1, 0.15) is 6.04 Å². The van der Waals surface area contributed by atoms with Crippen molar-refractivity contribution in [3.8, 4) is 0 Å². The van der Waals surface area contributed by atoms with Crippen LogP contribution in [-0.2, 0) is 4.79 Å². The Balaban J connectivity index is 4.33. The number of hydrogen-bond acceptors (Lipinski definition) is 3. The lowest BCUT2D eigenvalue weighted by Gasteiger charge is -2.21. The Morgan fingerprint density at radius 3 is 2.37 bits per heavy atom. The van der Waals surface area contributed by atoms with Crippen molar-refractivity contribution in [2.45, 2.75) is 46.1 Å². The molecule has 5 N–H and O–H groups in total. The van der Waals surface area contributed by atoms with Crippen molar-refractivity contribution in [3.05, 3.63) is 0 Å². The highest BCUT2D eigenvalue weighted by Gasteiger charge is 2.21. The molecule has 0 aliphatic carbocycles. The maximum absolute atomic E-state index is 12.0. The van der Waals surface area contributed by atoms with Crippen molar-refractivity contribution in [2.75, 3.05) is 13.2 Å². The highest BCUT2D eigenvalue weighted by molar-refractivity contribution is 5.86. The second kappa shape index (κ2) is 9.61. The molecule has 0 aliphatic heterocycles. The van der Waals surface area contributed by atoms with E-state index in [1.807, 2.05) is 20.8 Å². The Morgan fingerprint density at radius 2 is 1.95 bits per heavy atom. The molecular weight excluding hydrogens is 246 g/mol. The normalized spacial score (nSPS) is 13.9. The zero-order chi connectivity index (χ0) is 14.8. The van der Waals surface area contributed by atoms with E-state index in [0.29, 0.717) is 19.4 Å². The van der Waals surface area contributed by atoms with Gasteiger partial charge in [-0.1, -0.05) is 27.2 Å². The Kier molecular flexibility index (Phi) is 8.95. The smallest absolute Gasteiger partial charge is 0.312 e. The second-order valence-corrected chi connectivity index (χ2v) is 5.22. The van der Waals surface area contributed by atoms with E-state index in [2.05, 4.69) is 10.6 Å². The van der Waals surface area contributed by atoms with Gasteiger partial charge >= 0.3 is 6.03 Å². The molecule has 19 heavy (non-hydrogen) atoms. The fraction of sp³-hybridized carbons (Fsp3) is 0.846. The molecule has 0 rings (SSSR count). The third-order valence-corrected chi connectivity index (χ3v) is 3.02. The van der Waals surface area contributed by atoms with Crippen molar-refractivity contribution >= 4 is 11.9 Å². The van der Waals surface area contributed by atoms with Crippen LogP contribution in [0.5, 0.6) is 0 Å². The summed E-state index contributed by atoms with van der Waals surface area (Å²) in [5.74, 6) is 0.313. The first kappa shape index (κ1) is 17.7. The SMILES string of the molecule is CCC(CCO)CNC(=O)C(CC(C)C)NC(N)=O. The van der Waals surface area contributed by atoms with Gasteiger partial charge in [-0.3, -0.25) is 4.79 Å². The lowest BCUT2D eigenvalue weighted by Crippen LogP contribution is -2.50. The fourth-order valence-electron chi connectivity index (χ4n) is 1.88. The zero-order valence-corrected chi connectivity index (χ0v) is 12.1. The first-order chi connectivity index (χ1) is 8.90. The van der Waals surface area contributed by atoms with Crippen LogP contribution < -0.4 is 16.4 Å². The fourth-order valence-corrected chi connectivity index (χ4v) is 1.88. The van der Waals surface area contributed by atoms with E-state index in [1.165, 1.54) is 0 Å². The molecule has 0 aromatic carbocycles. The number of primary amides is 1. The summed E-state index contributed by atoms with van der Waals surface area (Å²) in [5.41, 5.74) is 5.07. The lowest BCUT2D eigenvalue weighted by molar-refractivity contribution is -0.123. The number of hydrogen-bond donors (Lipinski definition) is 4. The number of aliphatic hydroxyl groups excluding tert-OH is 1. The molecule has 6 nitrogen and oxygen atoms in total. The van der Waals surface area contributed by atoms with Crippen LogP contribution in [0.15, 0.2) is 0 Å². The Bertz CT molecular complexity index is 282. The highest BCUT2D eigenvalue weighted by Crippen LogP contribution is 2.08. The van der Waals surface area contributed by atoms with Gasteiger partial charge in [0.05, 0.1) is 0 Å². The van der Waals surface area contributed by atoms with Gasteiger partial charge in [0, 0.05) is 13.2 Å². The molecule has 0 aromatic heterocycles. The van der Waals surface area contributed by atoms with Gasteiger partial charge in [0.25, 0.3) is 0 Å². The van der Waals surface area contributed by atoms with Crippen molar-refractivity contribution in [2.24, 2.45) is 17.6 Å². The summed E-state index contributed by atoms with van der Waals surface area (Å²) in [5, 5.41) is 14.2. The molecule has 0 fully saturated rings. The maximum Gasteiger partial charge on any atom is 0.312 e. The summed E-state index contributed by atoms with van der Waals surface area (Å²) in [6.07, 6.45) is 2.10. The average molecular weight is 273 g/mol. The molecule has 2 atom stereocenters. The third kappa shape index (κ3) is 8.42. The summed E-state index contributed by atoms with van der Waals surface area (Å²) in [6.45, 7) is 6.58. The monoisotopic (exact) mass is 273 g/mol. The topological polar surface area (TPSA) is 104 Å². The summed E-state index contributed by atoms with van der Waals surface area (Å²) in [7, 11) is 0. The molecule has 0 heterocycles. The van der Waals surface area contributed by atoms with Crippen molar-refractivity contribution in [1.82, 2.24) is 10.6 Å². The van der Waals surface area contributed by atoms with E-state index in [1.54, 1.807) is 0 Å². The molecule has 2 unspecified atom stereocenters. The lowest BCUT2D eigenvalue weighted by atomic mass is 10.0. The van der Waals surface area contributed by atoms with Crippen LogP contribution in [0.2, 0.25) is 0 Å². The third-order valence-electron chi connectivity index (χ3n) is 3.02. The van der Waals surface area contributed by atoms with Gasteiger partial charge < -0.3 is 21.5 Å². The van der Waals surface area contributed by atoms with Crippen LogP contribution >= 0.6 is 0 Å². The number of carbonyl (C=O) groups excluding carboxylic acids is 2. The minimum atomic E-state index is -0.691. The van der Waals surface area contributed by atoms with Gasteiger partial charge in [-0.2, -0.15) is 0 Å². The van der Waals surface area contributed by atoms with Gasteiger partial charge in [-0.25, -0.2) is 4.79 Å². The summed E-state index contributed by atoms with van der Waals surface area (Å²) < 4.78 is 0. The first-order valence-electron chi connectivity index (χ1n) is 6.85. The van der Waals surface area contributed by atoms with Gasteiger partial charge in [0.2, 0.25) is 5.91 Å². The van der Waals surface area contributed by atoms with E-state index in [0.717, 1.165) is 6.42 Å². The van der Waals surface area contributed by atoms with Crippen LogP contribution in [0.1, 0.15) is 40.0 Å². The molecule has 0 saturated heterocycles. The Labute approximate surface area is 115 Å². The maximum atomic E-state index is 12.0. The zero-order valence-electron chi connectivity index (χ0n) is 12.1. The molecule has 0 spiro atoms. The number of carbonyl (C=O) groups is 2. The van der Waals surface area contributed by atoms with Crippen LogP contribution in [0.4, 0.5) is 4.79 Å². The van der Waals surface area contributed by atoms with Gasteiger partial charge in [-0.15, -0.1) is 0 Å². The number of amides is 3. The average Bonchev–Trinajstić information content (AvgIpc) is 2.32. The van der Waals surface area contributed by atoms with E-state index in [-0.39, 0.29) is 24.3 Å². The van der Waals surface area contributed by atoms with E-state index >= 15 is 0 Å². The highest BCUT2D eigenvalue weighted by atomic mass is 16.3. The molecule has 0 radical (unpaired) electrons. The quantitative estimate of drug-likeness (QED) is 0.494. The molecular formula is C13H27N3O3. The molecule has 0 aliphatic rings. The van der Waals surface area contributed by atoms with Crippen LogP contribution in [-0.4, -0.2) is 36.2 Å². The predicted molar refractivity (Wildman–Crippen MR) is 74.5 cm³/mol. The Hall–Kier alpha value is -1.30. The van der Waals surface area contributed by atoms with Crippen LogP contribution in [0, 0.1) is 11.8 Å². The van der Waals surface area contributed by atoms with E-state index in [4.69, 9.17) is 10.8 Å². The number of nitrogens with one attached hydrogen (secondary N) is 2. The minimum Gasteiger partial charge on any atom is -0.396 e. The van der Waals surface area contributed by atoms with Gasteiger partial charge in [-0.05, 0) is 24.7 Å². The minimum absolute atomic E-state index is 0.114. The largest absolute Gasteiger partial charge is 0.396 e. The first-order valence-corrected chi connectivity index (χ1v) is 6.85. The number of aliphatic hydroxyl groups is 1. The van der Waals surface area contributed by atoms with E-state index < -0.39 is 12.1 Å². The van der Waals surface area contributed by atoms with E-state index in [9.17, 15) is 9.59 Å². The molecule has 112 valence electrons. The van der Waals surface area contributed by atoms with Crippen molar-refractivity contribution < 1.29 is 14.7 Å². The second-order valence-electron chi connectivity index (χ2n) is 5.22. The van der Waals surface area contributed by atoms with Crippen molar-refractivity contribution in [1.29, 1.82) is 0 Å². The number of rotatable bonds is 9. The van der Waals surface area contributed by atoms with Gasteiger partial charge in [0.15, 0.2) is 0 Å². The Morgan fingerprint density at radius 1 is 1.32 bits per heavy atom. The number of urea groups is 1. The molecule has 0 bridgehead atoms. The summed E-state index contributed by atoms with van der Waals surface area (Å²) in [4.78, 5) is 22.9. The van der Waals surface area contributed by atoms with Crippen LogP contribution in [0.25, 0.3) is 0 Å².